The van der Waals surface area contributed by atoms with Crippen LogP contribution in [0.1, 0.15) is 17.0 Å². The monoisotopic (exact) mass is 464 g/mol. The maximum absolute atomic E-state index is 14.0. The Bertz CT molecular complexity index is 1360. The van der Waals surface area contributed by atoms with Gasteiger partial charge in [-0.25, -0.2) is 4.39 Å². The molecule has 4 aromatic rings. The summed E-state index contributed by atoms with van der Waals surface area (Å²) in [5, 5.41) is 3.83. The van der Waals surface area contributed by atoms with Gasteiger partial charge in [-0.1, -0.05) is 29.5 Å². The van der Waals surface area contributed by atoms with Crippen LogP contribution in [0.15, 0.2) is 41.8 Å². The standard InChI is InChI=1S/C21H18FNO4S3/c1-27-17-13-18-20(21-15(17)9-11-28-21)23(10-4-12-30(24,25)26)19(29-18)8-7-14-5-2-3-6-16(14)22/h2-3,5-9,11,13H,4,10,12H2,1H3/p+1/b8-7+. The summed E-state index contributed by atoms with van der Waals surface area (Å²) in [7, 11) is -2.41. The lowest BCUT2D eigenvalue weighted by atomic mass is 10.2. The van der Waals surface area contributed by atoms with Crippen molar-refractivity contribution in [2.24, 2.45) is 0 Å². The van der Waals surface area contributed by atoms with Crippen molar-refractivity contribution < 1.29 is 26.7 Å². The maximum Gasteiger partial charge on any atom is 0.265 e. The Morgan fingerprint density at radius 1 is 1.23 bits per heavy atom. The summed E-state index contributed by atoms with van der Waals surface area (Å²) >= 11 is 3.11. The summed E-state index contributed by atoms with van der Waals surface area (Å²) in [5.41, 5.74) is 1.45. The molecular formula is C21H19FNO4S3+. The Morgan fingerprint density at radius 3 is 2.77 bits per heavy atom. The number of fused-ring (bicyclic) bond motifs is 3. The molecule has 0 aliphatic rings. The second-order valence-corrected chi connectivity index (χ2v) is 10.2. The van der Waals surface area contributed by atoms with Gasteiger partial charge in [0.1, 0.15) is 21.0 Å². The number of ether oxygens (including phenoxy) is 1. The van der Waals surface area contributed by atoms with Crippen molar-refractivity contribution in [2.75, 3.05) is 12.9 Å². The summed E-state index contributed by atoms with van der Waals surface area (Å²) < 4.78 is 55.1. The highest BCUT2D eigenvalue weighted by atomic mass is 32.2. The van der Waals surface area contributed by atoms with Crippen LogP contribution in [0.2, 0.25) is 0 Å². The van der Waals surface area contributed by atoms with Gasteiger partial charge in [0.2, 0.25) is 5.52 Å². The fourth-order valence-electron chi connectivity index (χ4n) is 3.37. The van der Waals surface area contributed by atoms with E-state index in [4.69, 9.17) is 9.29 Å². The number of aryl methyl sites for hydroxylation is 1. The smallest absolute Gasteiger partial charge is 0.265 e. The van der Waals surface area contributed by atoms with Gasteiger partial charge >= 0.3 is 0 Å². The lowest BCUT2D eigenvalue weighted by Crippen LogP contribution is -2.36. The van der Waals surface area contributed by atoms with E-state index in [-0.39, 0.29) is 18.0 Å². The number of methoxy groups -OCH3 is 1. The Labute approximate surface area is 181 Å². The average Bonchev–Trinajstić information content (AvgIpc) is 3.30. The average molecular weight is 465 g/mol. The van der Waals surface area contributed by atoms with Gasteiger partial charge in [0, 0.05) is 29.5 Å². The van der Waals surface area contributed by atoms with Crippen LogP contribution in [0.4, 0.5) is 4.39 Å². The molecule has 0 bridgehead atoms. The zero-order valence-corrected chi connectivity index (χ0v) is 18.5. The lowest BCUT2D eigenvalue weighted by Gasteiger charge is -2.02. The molecule has 5 nitrogen and oxygen atoms in total. The van der Waals surface area contributed by atoms with E-state index in [2.05, 4.69) is 0 Å². The van der Waals surface area contributed by atoms with Crippen LogP contribution in [0.5, 0.6) is 5.75 Å². The maximum atomic E-state index is 14.0. The molecule has 4 rings (SSSR count). The molecule has 2 heterocycles. The van der Waals surface area contributed by atoms with E-state index >= 15 is 0 Å². The number of thiazole rings is 1. The van der Waals surface area contributed by atoms with E-state index < -0.39 is 10.1 Å². The molecule has 1 N–H and O–H groups in total. The highest BCUT2D eigenvalue weighted by Crippen LogP contribution is 2.38. The largest absolute Gasteiger partial charge is 0.496 e. The number of halogens is 1. The molecular weight excluding hydrogens is 445 g/mol. The quantitative estimate of drug-likeness (QED) is 0.309. The van der Waals surface area contributed by atoms with E-state index in [1.165, 1.54) is 17.4 Å². The number of thiophene rings is 1. The third kappa shape index (κ3) is 4.24. The van der Waals surface area contributed by atoms with Gasteiger partial charge in [-0.05, 0) is 23.6 Å². The van der Waals surface area contributed by atoms with Crippen molar-refractivity contribution in [3.63, 3.8) is 0 Å². The number of hydrogen-bond acceptors (Lipinski definition) is 5. The van der Waals surface area contributed by atoms with Crippen molar-refractivity contribution in [3.05, 3.63) is 58.2 Å². The van der Waals surface area contributed by atoms with Gasteiger partial charge in [-0.15, -0.1) is 11.3 Å². The van der Waals surface area contributed by atoms with Gasteiger partial charge in [-0.3, -0.25) is 4.55 Å². The molecule has 0 amide bonds. The molecule has 0 saturated carbocycles. The van der Waals surface area contributed by atoms with E-state index in [0.29, 0.717) is 12.1 Å². The van der Waals surface area contributed by atoms with Crippen molar-refractivity contribution in [3.8, 4) is 5.75 Å². The normalized spacial score (nSPS) is 12.4. The second-order valence-electron chi connectivity index (χ2n) is 6.68. The minimum absolute atomic E-state index is 0.259. The fraction of sp³-hybridized carbons (Fsp3) is 0.190. The van der Waals surface area contributed by atoms with Crippen LogP contribution in [-0.4, -0.2) is 25.8 Å². The zero-order valence-electron chi connectivity index (χ0n) is 16.0. The summed E-state index contributed by atoms with van der Waals surface area (Å²) in [6.45, 7) is 0.399. The van der Waals surface area contributed by atoms with Crippen LogP contribution in [0.3, 0.4) is 0 Å². The molecule has 0 atom stereocenters. The summed E-state index contributed by atoms with van der Waals surface area (Å²) in [4.78, 5) is 0. The Hall–Kier alpha value is -2.33. The zero-order chi connectivity index (χ0) is 21.3. The molecule has 9 heteroatoms. The summed E-state index contributed by atoms with van der Waals surface area (Å²) in [5.74, 6) is 0.141. The topological polar surface area (TPSA) is 67.5 Å². The van der Waals surface area contributed by atoms with Gasteiger partial charge in [0.15, 0.2) is 6.54 Å². The van der Waals surface area contributed by atoms with E-state index in [1.54, 1.807) is 42.7 Å². The molecule has 0 spiro atoms. The Kier molecular flexibility index (Phi) is 5.88. The van der Waals surface area contributed by atoms with Crippen LogP contribution in [-0.2, 0) is 16.7 Å². The SMILES string of the molecule is COc1cc2sc(/C=C/c3ccccc3F)[n+](CCCS(=O)(=O)O)c2c2sccc12. The highest BCUT2D eigenvalue weighted by Gasteiger charge is 2.24. The molecule has 0 aliphatic carbocycles. The molecule has 0 aliphatic heterocycles. The predicted molar refractivity (Wildman–Crippen MR) is 120 cm³/mol. The van der Waals surface area contributed by atoms with Gasteiger partial charge in [0.05, 0.1) is 12.9 Å². The molecule has 0 saturated heterocycles. The molecule has 0 fully saturated rings. The lowest BCUT2D eigenvalue weighted by molar-refractivity contribution is -0.667. The van der Waals surface area contributed by atoms with Crippen molar-refractivity contribution in [1.29, 1.82) is 0 Å². The second kappa shape index (κ2) is 8.43. The van der Waals surface area contributed by atoms with E-state index in [0.717, 1.165) is 31.1 Å². The van der Waals surface area contributed by atoms with Crippen molar-refractivity contribution in [1.82, 2.24) is 0 Å². The molecule has 2 aromatic carbocycles. The molecule has 2 aromatic heterocycles. The van der Waals surface area contributed by atoms with Gasteiger partial charge in [-0.2, -0.15) is 13.0 Å². The number of aromatic nitrogens is 1. The number of benzene rings is 2. The summed E-state index contributed by atoms with van der Waals surface area (Å²) in [6, 6.07) is 10.5. The van der Waals surface area contributed by atoms with Crippen LogP contribution in [0.25, 0.3) is 32.5 Å². The number of hydrogen-bond donors (Lipinski definition) is 1. The minimum Gasteiger partial charge on any atom is -0.496 e. The molecule has 0 radical (unpaired) electrons. The Balaban J connectivity index is 1.85. The highest BCUT2D eigenvalue weighted by molar-refractivity contribution is 7.85. The first-order valence-corrected chi connectivity index (χ1v) is 12.5. The number of nitrogens with zero attached hydrogens (tertiary/aromatic N) is 1. The van der Waals surface area contributed by atoms with Crippen LogP contribution < -0.4 is 9.30 Å². The molecule has 0 unspecified atom stereocenters. The van der Waals surface area contributed by atoms with Gasteiger partial charge in [0.25, 0.3) is 15.1 Å². The minimum atomic E-state index is -4.04. The summed E-state index contributed by atoms with van der Waals surface area (Å²) in [6.07, 6.45) is 3.80. The van der Waals surface area contributed by atoms with Crippen molar-refractivity contribution >= 4 is 65.2 Å². The van der Waals surface area contributed by atoms with Crippen LogP contribution in [0, 0.1) is 5.82 Å². The van der Waals surface area contributed by atoms with E-state index in [1.807, 2.05) is 28.2 Å². The van der Waals surface area contributed by atoms with Crippen LogP contribution >= 0.6 is 22.7 Å². The fourth-order valence-corrected chi connectivity index (χ4v) is 6.02. The molecule has 30 heavy (non-hydrogen) atoms. The first-order chi connectivity index (χ1) is 14.4. The number of rotatable bonds is 7. The first-order valence-electron chi connectivity index (χ1n) is 9.15. The van der Waals surface area contributed by atoms with E-state index in [9.17, 15) is 12.8 Å². The molecule has 156 valence electrons. The van der Waals surface area contributed by atoms with Gasteiger partial charge < -0.3 is 4.74 Å². The van der Waals surface area contributed by atoms with Crippen molar-refractivity contribution in [2.45, 2.75) is 13.0 Å². The first kappa shape index (κ1) is 20.9. The third-order valence-electron chi connectivity index (χ3n) is 4.71. The Morgan fingerprint density at radius 2 is 2.03 bits per heavy atom. The third-order valence-corrected chi connectivity index (χ3v) is 7.53. The predicted octanol–water partition coefficient (Wildman–Crippen LogP) is 5.00.